The van der Waals surface area contributed by atoms with E-state index in [1.54, 1.807) is 0 Å². The van der Waals surface area contributed by atoms with Crippen LogP contribution in [-0.4, -0.2) is 37.5 Å². The van der Waals surface area contributed by atoms with E-state index in [0.717, 1.165) is 19.6 Å². The normalized spacial score (nSPS) is 18.2. The fourth-order valence-electron chi connectivity index (χ4n) is 2.25. The van der Waals surface area contributed by atoms with Gasteiger partial charge in [-0.05, 0) is 52.1 Å². The second-order valence-corrected chi connectivity index (χ2v) is 5.59. The molecule has 2 amide bonds. The maximum Gasteiger partial charge on any atom is 0.220 e. The van der Waals surface area contributed by atoms with Crippen LogP contribution < -0.4 is 16.0 Å². The molecule has 0 aromatic carbocycles. The van der Waals surface area contributed by atoms with Crippen molar-refractivity contribution in [2.45, 2.75) is 52.0 Å². The smallest absolute Gasteiger partial charge is 0.220 e. The Hall–Kier alpha value is -0.810. The SMILES string of the molecule is CC(C)NC(=O)CCCC(=O)NCC1CCCNC1.Cl. The van der Waals surface area contributed by atoms with Gasteiger partial charge in [0.05, 0.1) is 0 Å². The number of carbonyl (C=O) groups excluding carboxylic acids is 2. The minimum atomic E-state index is 0. The number of rotatable bonds is 7. The number of amides is 2. The van der Waals surface area contributed by atoms with Gasteiger partial charge >= 0.3 is 0 Å². The molecule has 6 heteroatoms. The number of piperidine rings is 1. The lowest BCUT2D eigenvalue weighted by atomic mass is 10.00. The van der Waals surface area contributed by atoms with E-state index >= 15 is 0 Å². The highest BCUT2D eigenvalue weighted by atomic mass is 35.5. The molecule has 0 radical (unpaired) electrons. The van der Waals surface area contributed by atoms with Crippen molar-refractivity contribution >= 4 is 24.2 Å². The van der Waals surface area contributed by atoms with Crippen molar-refractivity contribution in [3.63, 3.8) is 0 Å². The summed E-state index contributed by atoms with van der Waals surface area (Å²) in [5, 5.41) is 9.11. The van der Waals surface area contributed by atoms with Crippen molar-refractivity contribution in [2.75, 3.05) is 19.6 Å². The molecule has 0 aromatic rings. The first-order valence-corrected chi connectivity index (χ1v) is 7.34. The summed E-state index contributed by atoms with van der Waals surface area (Å²) < 4.78 is 0. The molecule has 20 heavy (non-hydrogen) atoms. The zero-order valence-corrected chi connectivity index (χ0v) is 13.4. The van der Waals surface area contributed by atoms with E-state index in [0.29, 0.717) is 25.2 Å². The standard InChI is InChI=1S/C14H27N3O2.ClH/c1-11(2)17-14(19)7-3-6-13(18)16-10-12-5-4-8-15-9-12;/h11-12,15H,3-10H2,1-2H3,(H,16,18)(H,17,19);1H. The third-order valence-corrected chi connectivity index (χ3v) is 3.24. The first-order chi connectivity index (χ1) is 9.08. The van der Waals surface area contributed by atoms with Gasteiger partial charge in [0.25, 0.3) is 0 Å². The summed E-state index contributed by atoms with van der Waals surface area (Å²) in [6, 6.07) is 0.167. The molecule has 0 bridgehead atoms. The fraction of sp³-hybridized carbons (Fsp3) is 0.857. The zero-order valence-electron chi connectivity index (χ0n) is 12.5. The van der Waals surface area contributed by atoms with Crippen LogP contribution in [0.5, 0.6) is 0 Å². The van der Waals surface area contributed by atoms with E-state index in [1.807, 2.05) is 13.8 Å². The molecule has 0 spiro atoms. The lowest BCUT2D eigenvalue weighted by molar-refractivity contribution is -0.122. The van der Waals surface area contributed by atoms with E-state index in [9.17, 15) is 9.59 Å². The fourth-order valence-corrected chi connectivity index (χ4v) is 2.25. The number of halogens is 1. The van der Waals surface area contributed by atoms with Crippen LogP contribution in [0.4, 0.5) is 0 Å². The van der Waals surface area contributed by atoms with Crippen molar-refractivity contribution in [3.8, 4) is 0 Å². The lowest BCUT2D eigenvalue weighted by Crippen LogP contribution is -2.38. The number of hydrogen-bond acceptors (Lipinski definition) is 3. The Morgan fingerprint density at radius 2 is 1.95 bits per heavy atom. The van der Waals surface area contributed by atoms with Crippen LogP contribution in [-0.2, 0) is 9.59 Å². The summed E-state index contributed by atoms with van der Waals surface area (Å²) in [7, 11) is 0. The number of nitrogens with one attached hydrogen (secondary N) is 3. The molecule has 0 aromatic heterocycles. The average molecular weight is 306 g/mol. The number of hydrogen-bond donors (Lipinski definition) is 3. The Morgan fingerprint density at radius 3 is 2.55 bits per heavy atom. The summed E-state index contributed by atoms with van der Waals surface area (Å²) in [4.78, 5) is 23.0. The van der Waals surface area contributed by atoms with E-state index < -0.39 is 0 Å². The molecule has 1 aliphatic heterocycles. The molecule has 1 rings (SSSR count). The predicted molar refractivity (Wildman–Crippen MR) is 83.0 cm³/mol. The van der Waals surface area contributed by atoms with Crippen molar-refractivity contribution in [2.24, 2.45) is 5.92 Å². The van der Waals surface area contributed by atoms with Gasteiger partial charge in [-0.15, -0.1) is 12.4 Å². The van der Waals surface area contributed by atoms with Crippen LogP contribution in [0.1, 0.15) is 46.0 Å². The van der Waals surface area contributed by atoms with E-state index in [-0.39, 0.29) is 30.3 Å². The van der Waals surface area contributed by atoms with Crippen LogP contribution in [0, 0.1) is 5.92 Å². The van der Waals surface area contributed by atoms with E-state index in [4.69, 9.17) is 0 Å². The maximum atomic E-state index is 11.6. The van der Waals surface area contributed by atoms with Crippen molar-refractivity contribution < 1.29 is 9.59 Å². The lowest BCUT2D eigenvalue weighted by Gasteiger charge is -2.22. The Bertz CT molecular complexity index is 292. The molecule has 5 nitrogen and oxygen atoms in total. The molecular weight excluding hydrogens is 278 g/mol. The molecule has 3 N–H and O–H groups in total. The van der Waals surface area contributed by atoms with Gasteiger partial charge in [-0.3, -0.25) is 9.59 Å². The molecule has 0 aliphatic carbocycles. The Balaban J connectivity index is 0.00000361. The summed E-state index contributed by atoms with van der Waals surface area (Å²) >= 11 is 0. The monoisotopic (exact) mass is 305 g/mol. The summed E-state index contributed by atoms with van der Waals surface area (Å²) in [5.41, 5.74) is 0. The molecule has 1 heterocycles. The Morgan fingerprint density at radius 1 is 1.25 bits per heavy atom. The highest BCUT2D eigenvalue weighted by molar-refractivity contribution is 5.85. The minimum Gasteiger partial charge on any atom is -0.356 e. The zero-order chi connectivity index (χ0) is 14.1. The van der Waals surface area contributed by atoms with Gasteiger partial charge in [0.2, 0.25) is 11.8 Å². The topological polar surface area (TPSA) is 70.2 Å². The van der Waals surface area contributed by atoms with E-state index in [1.165, 1.54) is 12.8 Å². The molecule has 118 valence electrons. The van der Waals surface area contributed by atoms with Gasteiger partial charge in [0, 0.05) is 25.4 Å². The molecule has 1 saturated heterocycles. The average Bonchev–Trinajstić information content (AvgIpc) is 2.36. The quantitative estimate of drug-likeness (QED) is 0.662. The van der Waals surface area contributed by atoms with Crippen molar-refractivity contribution in [1.82, 2.24) is 16.0 Å². The van der Waals surface area contributed by atoms with Crippen LogP contribution >= 0.6 is 12.4 Å². The van der Waals surface area contributed by atoms with Crippen molar-refractivity contribution in [3.05, 3.63) is 0 Å². The molecule has 1 fully saturated rings. The predicted octanol–water partition coefficient (Wildman–Crippen LogP) is 1.22. The van der Waals surface area contributed by atoms with Crippen LogP contribution in [0.15, 0.2) is 0 Å². The number of carbonyl (C=O) groups is 2. The Labute approximate surface area is 128 Å². The van der Waals surface area contributed by atoms with Crippen LogP contribution in [0.2, 0.25) is 0 Å². The summed E-state index contributed by atoms with van der Waals surface area (Å²) in [6.07, 6.45) is 3.86. The van der Waals surface area contributed by atoms with Gasteiger partial charge in [0.15, 0.2) is 0 Å². The van der Waals surface area contributed by atoms with Gasteiger partial charge in [0.1, 0.15) is 0 Å². The Kier molecular flexibility index (Phi) is 10.5. The van der Waals surface area contributed by atoms with Gasteiger partial charge < -0.3 is 16.0 Å². The van der Waals surface area contributed by atoms with Gasteiger partial charge in [-0.2, -0.15) is 0 Å². The third kappa shape index (κ3) is 9.15. The van der Waals surface area contributed by atoms with Crippen LogP contribution in [0.25, 0.3) is 0 Å². The first-order valence-electron chi connectivity index (χ1n) is 7.34. The second-order valence-electron chi connectivity index (χ2n) is 5.59. The maximum absolute atomic E-state index is 11.6. The first kappa shape index (κ1) is 19.2. The van der Waals surface area contributed by atoms with Crippen molar-refractivity contribution in [1.29, 1.82) is 0 Å². The highest BCUT2D eigenvalue weighted by Crippen LogP contribution is 2.08. The molecular formula is C14H28ClN3O2. The molecule has 1 unspecified atom stereocenters. The molecule has 0 saturated carbocycles. The molecule has 1 atom stereocenters. The third-order valence-electron chi connectivity index (χ3n) is 3.24. The highest BCUT2D eigenvalue weighted by Gasteiger charge is 2.13. The van der Waals surface area contributed by atoms with E-state index in [2.05, 4.69) is 16.0 Å². The van der Waals surface area contributed by atoms with Gasteiger partial charge in [-0.25, -0.2) is 0 Å². The van der Waals surface area contributed by atoms with Gasteiger partial charge in [-0.1, -0.05) is 0 Å². The van der Waals surface area contributed by atoms with Crippen LogP contribution in [0.3, 0.4) is 0 Å². The minimum absolute atomic E-state index is 0. The molecule has 1 aliphatic rings. The second kappa shape index (κ2) is 10.9. The largest absolute Gasteiger partial charge is 0.356 e. The summed E-state index contributed by atoms with van der Waals surface area (Å²) in [6.45, 7) is 6.71. The summed E-state index contributed by atoms with van der Waals surface area (Å²) in [5.74, 6) is 0.643.